The van der Waals surface area contributed by atoms with E-state index in [9.17, 15) is 22.4 Å². The van der Waals surface area contributed by atoms with Crippen LogP contribution < -0.4 is 10.6 Å². The van der Waals surface area contributed by atoms with Crippen molar-refractivity contribution in [2.45, 2.75) is 12.6 Å². The minimum atomic E-state index is -4.52. The Labute approximate surface area is 118 Å². The van der Waals surface area contributed by atoms with E-state index in [4.69, 9.17) is 0 Å². The van der Waals surface area contributed by atoms with Gasteiger partial charge in [-0.1, -0.05) is 6.08 Å². The molecule has 0 radical (unpaired) electrons. The van der Waals surface area contributed by atoms with E-state index in [1.807, 2.05) is 6.08 Å². The molecule has 1 aliphatic rings. The molecule has 0 saturated heterocycles. The number of alkyl halides is 3. The molecule has 21 heavy (non-hydrogen) atoms. The molecule has 0 spiro atoms. The van der Waals surface area contributed by atoms with E-state index in [1.165, 1.54) is 12.1 Å². The van der Waals surface area contributed by atoms with Crippen LogP contribution in [0.2, 0.25) is 0 Å². The van der Waals surface area contributed by atoms with E-state index in [-0.39, 0.29) is 11.3 Å². The second-order valence-electron chi connectivity index (χ2n) is 4.52. The molecule has 0 fully saturated rings. The highest BCUT2D eigenvalue weighted by Crippen LogP contribution is 2.22. The van der Waals surface area contributed by atoms with Crippen LogP contribution in [0, 0.1) is 5.95 Å². The van der Waals surface area contributed by atoms with Gasteiger partial charge in [0.05, 0.1) is 0 Å². The van der Waals surface area contributed by atoms with Crippen molar-refractivity contribution in [3.05, 3.63) is 35.4 Å². The average Bonchev–Trinajstić information content (AvgIpc) is 2.45. The van der Waals surface area contributed by atoms with Gasteiger partial charge in [0.25, 0.3) is 5.91 Å². The molecule has 1 amide bonds. The molecule has 8 heteroatoms. The standard InChI is InChI=1S/C13H13F4N3O/c14-11-9(8-3-5-18-6-4-8)1-2-10(20-11)12(21)19-7-13(15,16)17/h1-3,18H,4-7H2,(H,19,21). The Balaban J connectivity index is 2.11. The fraction of sp³-hybridized carbons (Fsp3) is 0.385. The van der Waals surface area contributed by atoms with Gasteiger partial charge in [0.15, 0.2) is 0 Å². The number of amides is 1. The van der Waals surface area contributed by atoms with Gasteiger partial charge in [-0.25, -0.2) is 4.98 Å². The fourth-order valence-corrected chi connectivity index (χ4v) is 1.94. The van der Waals surface area contributed by atoms with Crippen molar-refractivity contribution in [2.75, 3.05) is 19.6 Å². The van der Waals surface area contributed by atoms with Crippen LogP contribution in [0.4, 0.5) is 17.6 Å². The molecule has 0 bridgehead atoms. The topological polar surface area (TPSA) is 54.0 Å². The monoisotopic (exact) mass is 303 g/mol. The quantitative estimate of drug-likeness (QED) is 0.662. The largest absolute Gasteiger partial charge is 0.405 e. The van der Waals surface area contributed by atoms with Crippen molar-refractivity contribution < 1.29 is 22.4 Å². The summed E-state index contributed by atoms with van der Waals surface area (Å²) in [5.74, 6) is -1.92. The number of aromatic nitrogens is 1. The van der Waals surface area contributed by atoms with Crippen molar-refractivity contribution >= 4 is 11.5 Å². The van der Waals surface area contributed by atoms with Crippen LogP contribution in [-0.4, -0.2) is 36.7 Å². The molecule has 0 aromatic carbocycles. The molecule has 1 aromatic heterocycles. The molecule has 114 valence electrons. The third-order valence-corrected chi connectivity index (χ3v) is 2.94. The van der Waals surface area contributed by atoms with Crippen LogP contribution in [0.3, 0.4) is 0 Å². The van der Waals surface area contributed by atoms with Crippen LogP contribution in [0.5, 0.6) is 0 Å². The zero-order valence-electron chi connectivity index (χ0n) is 10.9. The van der Waals surface area contributed by atoms with Crippen molar-refractivity contribution in [2.24, 2.45) is 0 Å². The molecule has 0 saturated carbocycles. The Morgan fingerprint density at radius 2 is 2.14 bits per heavy atom. The highest BCUT2D eigenvalue weighted by molar-refractivity contribution is 5.92. The first kappa shape index (κ1) is 15.4. The zero-order valence-corrected chi connectivity index (χ0v) is 10.9. The third kappa shape index (κ3) is 4.25. The number of hydrogen-bond donors (Lipinski definition) is 2. The molecular formula is C13H13F4N3O. The van der Waals surface area contributed by atoms with E-state index < -0.39 is 24.6 Å². The third-order valence-electron chi connectivity index (χ3n) is 2.94. The Morgan fingerprint density at radius 3 is 2.71 bits per heavy atom. The number of carbonyl (C=O) groups is 1. The van der Waals surface area contributed by atoms with Gasteiger partial charge in [0.2, 0.25) is 5.95 Å². The van der Waals surface area contributed by atoms with Gasteiger partial charge < -0.3 is 10.6 Å². The van der Waals surface area contributed by atoms with Crippen LogP contribution in [0.25, 0.3) is 5.57 Å². The molecule has 2 N–H and O–H groups in total. The highest BCUT2D eigenvalue weighted by atomic mass is 19.4. The number of hydrogen-bond acceptors (Lipinski definition) is 3. The number of pyridine rings is 1. The van der Waals surface area contributed by atoms with E-state index >= 15 is 0 Å². The number of carbonyl (C=O) groups excluding carboxylic acids is 1. The molecule has 4 nitrogen and oxygen atoms in total. The van der Waals surface area contributed by atoms with Gasteiger partial charge >= 0.3 is 6.18 Å². The van der Waals surface area contributed by atoms with Gasteiger partial charge in [-0.15, -0.1) is 0 Å². The summed E-state index contributed by atoms with van der Waals surface area (Å²) in [4.78, 5) is 14.9. The highest BCUT2D eigenvalue weighted by Gasteiger charge is 2.28. The molecule has 0 aliphatic carbocycles. The maximum absolute atomic E-state index is 13.9. The maximum Gasteiger partial charge on any atom is 0.405 e. The lowest BCUT2D eigenvalue weighted by molar-refractivity contribution is -0.123. The van der Waals surface area contributed by atoms with Crippen LogP contribution in [0.15, 0.2) is 18.2 Å². The number of rotatable bonds is 3. The molecule has 2 rings (SSSR count). The molecule has 1 aliphatic heterocycles. The van der Waals surface area contributed by atoms with Gasteiger partial charge in [-0.05, 0) is 30.7 Å². The van der Waals surface area contributed by atoms with E-state index in [2.05, 4.69) is 10.3 Å². The summed E-state index contributed by atoms with van der Waals surface area (Å²) in [5.41, 5.74) is 0.653. The van der Waals surface area contributed by atoms with E-state index in [0.29, 0.717) is 19.5 Å². The Bertz CT molecular complexity index is 569. The maximum atomic E-state index is 13.9. The minimum absolute atomic E-state index is 0.267. The van der Waals surface area contributed by atoms with Gasteiger partial charge in [0.1, 0.15) is 12.2 Å². The van der Waals surface area contributed by atoms with Crippen molar-refractivity contribution in [3.8, 4) is 0 Å². The van der Waals surface area contributed by atoms with Crippen molar-refractivity contribution in [1.82, 2.24) is 15.6 Å². The van der Waals surface area contributed by atoms with Crippen molar-refractivity contribution in [1.29, 1.82) is 0 Å². The van der Waals surface area contributed by atoms with Gasteiger partial charge in [0, 0.05) is 12.1 Å². The Morgan fingerprint density at radius 1 is 1.38 bits per heavy atom. The predicted molar refractivity (Wildman–Crippen MR) is 68.0 cm³/mol. The summed E-state index contributed by atoms with van der Waals surface area (Å²) < 4.78 is 49.9. The van der Waals surface area contributed by atoms with Gasteiger partial charge in [-0.3, -0.25) is 4.79 Å². The fourth-order valence-electron chi connectivity index (χ4n) is 1.94. The second kappa shape index (κ2) is 6.21. The van der Waals surface area contributed by atoms with E-state index in [0.717, 1.165) is 5.57 Å². The van der Waals surface area contributed by atoms with Crippen LogP contribution >= 0.6 is 0 Å². The number of halogens is 4. The van der Waals surface area contributed by atoms with Crippen LogP contribution in [-0.2, 0) is 0 Å². The molecule has 0 unspecified atom stereocenters. The normalized spacial score (nSPS) is 15.5. The Kier molecular flexibility index (Phi) is 4.56. The first-order valence-corrected chi connectivity index (χ1v) is 6.28. The summed E-state index contributed by atoms with van der Waals surface area (Å²) in [6, 6.07) is 2.58. The summed E-state index contributed by atoms with van der Waals surface area (Å²) in [6.45, 7) is -0.157. The molecular weight excluding hydrogens is 290 g/mol. The van der Waals surface area contributed by atoms with Gasteiger partial charge in [-0.2, -0.15) is 17.6 Å². The van der Waals surface area contributed by atoms with E-state index in [1.54, 1.807) is 5.32 Å². The molecule has 2 heterocycles. The number of nitrogens with one attached hydrogen (secondary N) is 2. The minimum Gasteiger partial charge on any atom is -0.342 e. The SMILES string of the molecule is O=C(NCC(F)(F)F)c1ccc(C2=CCNCC2)c(F)n1. The molecule has 1 aromatic rings. The summed E-state index contributed by atoms with van der Waals surface area (Å²) >= 11 is 0. The average molecular weight is 303 g/mol. The second-order valence-corrected chi connectivity index (χ2v) is 4.52. The van der Waals surface area contributed by atoms with Crippen LogP contribution in [0.1, 0.15) is 22.5 Å². The predicted octanol–water partition coefficient (Wildman–Crippen LogP) is 1.89. The first-order valence-electron chi connectivity index (χ1n) is 6.28. The lowest BCUT2D eigenvalue weighted by atomic mass is 10.0. The summed E-state index contributed by atoms with van der Waals surface area (Å²) in [7, 11) is 0. The van der Waals surface area contributed by atoms with Crippen molar-refractivity contribution in [3.63, 3.8) is 0 Å². The molecule has 0 atom stereocenters. The summed E-state index contributed by atoms with van der Waals surface area (Å²) in [5, 5.41) is 4.72. The summed E-state index contributed by atoms with van der Waals surface area (Å²) in [6.07, 6.45) is -2.08. The first-order chi connectivity index (χ1) is 9.87. The Hall–Kier alpha value is -1.96. The lowest BCUT2D eigenvalue weighted by Gasteiger charge is -2.15. The zero-order chi connectivity index (χ0) is 15.5. The smallest absolute Gasteiger partial charge is 0.342 e. The number of nitrogens with zero attached hydrogens (tertiary/aromatic N) is 1. The lowest BCUT2D eigenvalue weighted by Crippen LogP contribution is -2.34.